The Bertz CT molecular complexity index is 786. The van der Waals surface area contributed by atoms with E-state index in [4.69, 9.17) is 8.92 Å². The molecule has 0 aliphatic carbocycles. The number of methoxy groups -OCH3 is 1. The van der Waals surface area contributed by atoms with Gasteiger partial charge in [0.05, 0.1) is 6.61 Å². The molecule has 9 heteroatoms. The van der Waals surface area contributed by atoms with Crippen LogP contribution in [0.25, 0.3) is 0 Å². The number of rotatable bonds is 7. The Kier molecular flexibility index (Phi) is 6.36. The lowest BCUT2D eigenvalue weighted by Gasteiger charge is -2.09. The van der Waals surface area contributed by atoms with Crippen LogP contribution in [0.4, 0.5) is 13.2 Å². The van der Waals surface area contributed by atoms with Gasteiger partial charge in [-0.1, -0.05) is 12.1 Å². The second-order valence-corrected chi connectivity index (χ2v) is 7.63. The maximum Gasteiger partial charge on any atom is 0.446 e. The zero-order chi connectivity index (χ0) is 18.5. The predicted octanol–water partition coefficient (Wildman–Crippen LogP) is 4.26. The van der Waals surface area contributed by atoms with Gasteiger partial charge in [0.1, 0.15) is 10.6 Å². The van der Waals surface area contributed by atoms with Crippen molar-refractivity contribution in [1.82, 2.24) is 0 Å². The lowest BCUT2D eigenvalue weighted by molar-refractivity contribution is -0.0328. The van der Waals surface area contributed by atoms with E-state index in [1.54, 1.807) is 19.2 Å². The van der Waals surface area contributed by atoms with E-state index in [1.807, 2.05) is 0 Å². The molecule has 0 aromatic heterocycles. The van der Waals surface area contributed by atoms with Gasteiger partial charge in [0.25, 0.3) is 0 Å². The maximum atomic E-state index is 12.3. The van der Waals surface area contributed by atoms with E-state index in [0.717, 1.165) is 29.8 Å². The molecule has 136 valence electrons. The molecule has 25 heavy (non-hydrogen) atoms. The van der Waals surface area contributed by atoms with Gasteiger partial charge >= 0.3 is 15.6 Å². The summed E-state index contributed by atoms with van der Waals surface area (Å²) in [6, 6.07) is 10.8. The molecule has 0 radical (unpaired) electrons. The van der Waals surface area contributed by atoms with Crippen molar-refractivity contribution in [2.75, 3.05) is 13.7 Å². The quantitative estimate of drug-likeness (QED) is 0.521. The van der Waals surface area contributed by atoms with Crippen LogP contribution in [0, 0.1) is 0 Å². The minimum atomic E-state index is -4.43. The number of alkyl halides is 3. The fourth-order valence-electron chi connectivity index (χ4n) is 1.91. The van der Waals surface area contributed by atoms with E-state index in [9.17, 15) is 21.6 Å². The fraction of sp³-hybridized carbons (Fsp3) is 0.250. The first kappa shape index (κ1) is 19.6. The van der Waals surface area contributed by atoms with Crippen LogP contribution in [0.2, 0.25) is 0 Å². The molecular weight excluding hydrogens is 377 g/mol. The van der Waals surface area contributed by atoms with Crippen LogP contribution >= 0.6 is 11.8 Å². The zero-order valence-electron chi connectivity index (χ0n) is 13.1. The average Bonchev–Trinajstić information content (AvgIpc) is 2.53. The van der Waals surface area contributed by atoms with Gasteiger partial charge in [-0.15, -0.1) is 0 Å². The smallest absolute Gasteiger partial charge is 0.384 e. The van der Waals surface area contributed by atoms with Crippen LogP contribution in [0.1, 0.15) is 5.56 Å². The van der Waals surface area contributed by atoms with Crippen molar-refractivity contribution in [2.45, 2.75) is 21.7 Å². The zero-order valence-corrected chi connectivity index (χ0v) is 14.7. The van der Waals surface area contributed by atoms with E-state index in [2.05, 4.69) is 0 Å². The molecule has 0 fully saturated rings. The van der Waals surface area contributed by atoms with Gasteiger partial charge < -0.3 is 8.92 Å². The summed E-state index contributed by atoms with van der Waals surface area (Å²) in [5.74, 6) is 0.120. The van der Waals surface area contributed by atoms with Gasteiger partial charge in [-0.2, -0.15) is 21.6 Å². The number of hydrogen-bond acceptors (Lipinski definition) is 5. The number of halogens is 3. The lowest BCUT2D eigenvalue weighted by Crippen LogP contribution is -2.09. The highest BCUT2D eigenvalue weighted by molar-refractivity contribution is 8.00. The monoisotopic (exact) mass is 392 g/mol. The van der Waals surface area contributed by atoms with E-state index in [-0.39, 0.29) is 27.3 Å². The molecule has 0 aliphatic rings. The third-order valence-electron chi connectivity index (χ3n) is 3.07. The second kappa shape index (κ2) is 8.11. The summed E-state index contributed by atoms with van der Waals surface area (Å²) in [5, 5.41) is 0. The first-order valence-corrected chi connectivity index (χ1v) is 9.30. The van der Waals surface area contributed by atoms with Crippen LogP contribution in [-0.2, 0) is 21.3 Å². The minimum absolute atomic E-state index is 0.103. The first-order chi connectivity index (χ1) is 11.7. The molecule has 0 saturated heterocycles. The molecule has 0 N–H and O–H groups in total. The summed E-state index contributed by atoms with van der Waals surface area (Å²) in [5.41, 5.74) is -3.47. The van der Waals surface area contributed by atoms with Gasteiger partial charge in [-0.05, 0) is 60.1 Å². The SMILES string of the molecule is COCCc1ccc(OS(=O)(=O)c2ccc(SC(F)(F)F)cc2)cc1. The van der Waals surface area contributed by atoms with Crippen LogP contribution < -0.4 is 4.18 Å². The molecular formula is C16H15F3O4S2. The highest BCUT2D eigenvalue weighted by Gasteiger charge is 2.29. The van der Waals surface area contributed by atoms with Crippen LogP contribution in [0.15, 0.2) is 58.3 Å². The molecule has 2 rings (SSSR count). The summed E-state index contributed by atoms with van der Waals surface area (Å²) in [6.07, 6.45) is 0.682. The van der Waals surface area contributed by atoms with Crippen molar-refractivity contribution in [3.05, 3.63) is 54.1 Å². The molecule has 0 bridgehead atoms. The van der Waals surface area contributed by atoms with Gasteiger partial charge in [0, 0.05) is 12.0 Å². The fourth-order valence-corrected chi connectivity index (χ4v) is 3.38. The van der Waals surface area contributed by atoms with E-state index < -0.39 is 15.6 Å². The Morgan fingerprint density at radius 1 is 1.00 bits per heavy atom. The molecule has 0 spiro atoms. The number of thioether (sulfide) groups is 1. The second-order valence-electron chi connectivity index (χ2n) is 4.94. The largest absolute Gasteiger partial charge is 0.446 e. The summed E-state index contributed by atoms with van der Waals surface area (Å²) in [7, 11) is -2.53. The third kappa shape index (κ3) is 6.26. The van der Waals surface area contributed by atoms with Crippen LogP contribution in [0.5, 0.6) is 5.75 Å². The minimum Gasteiger partial charge on any atom is -0.384 e. The van der Waals surface area contributed by atoms with Crippen molar-refractivity contribution in [1.29, 1.82) is 0 Å². The summed E-state index contributed by atoms with van der Waals surface area (Å²) < 4.78 is 71.2. The molecule has 0 atom stereocenters. The van der Waals surface area contributed by atoms with E-state index >= 15 is 0 Å². The standard InChI is InChI=1S/C16H15F3O4S2/c1-22-11-10-12-2-4-13(5-3-12)23-25(20,21)15-8-6-14(7-9-15)24-16(17,18)19/h2-9H,10-11H2,1H3. The van der Waals surface area contributed by atoms with Gasteiger partial charge in [-0.3, -0.25) is 0 Å². The van der Waals surface area contributed by atoms with Gasteiger partial charge in [0.2, 0.25) is 0 Å². The summed E-state index contributed by atoms with van der Waals surface area (Å²) >= 11 is -0.314. The van der Waals surface area contributed by atoms with Crippen molar-refractivity contribution < 1.29 is 30.5 Å². The lowest BCUT2D eigenvalue weighted by atomic mass is 10.1. The Hall–Kier alpha value is -1.71. The number of hydrogen-bond donors (Lipinski definition) is 0. The molecule has 4 nitrogen and oxygen atoms in total. The highest BCUT2D eigenvalue weighted by atomic mass is 32.2. The van der Waals surface area contributed by atoms with Crippen LogP contribution in [0.3, 0.4) is 0 Å². The molecule has 0 saturated carbocycles. The Morgan fingerprint density at radius 2 is 1.60 bits per heavy atom. The normalized spacial score (nSPS) is 12.2. The van der Waals surface area contributed by atoms with Crippen molar-refractivity contribution in [2.24, 2.45) is 0 Å². The topological polar surface area (TPSA) is 52.6 Å². The highest BCUT2D eigenvalue weighted by Crippen LogP contribution is 2.37. The molecule has 2 aromatic carbocycles. The Morgan fingerprint density at radius 3 is 2.12 bits per heavy atom. The average molecular weight is 392 g/mol. The first-order valence-electron chi connectivity index (χ1n) is 7.08. The van der Waals surface area contributed by atoms with Gasteiger partial charge in [0.15, 0.2) is 0 Å². The summed E-state index contributed by atoms with van der Waals surface area (Å²) in [6.45, 7) is 0.542. The molecule has 0 unspecified atom stereocenters. The van der Waals surface area contributed by atoms with Crippen molar-refractivity contribution >= 4 is 21.9 Å². The van der Waals surface area contributed by atoms with E-state index in [1.165, 1.54) is 12.1 Å². The Balaban J connectivity index is 2.08. The Labute approximate surface area is 148 Å². The van der Waals surface area contributed by atoms with Gasteiger partial charge in [-0.25, -0.2) is 0 Å². The molecule has 0 heterocycles. The van der Waals surface area contributed by atoms with Crippen molar-refractivity contribution in [3.63, 3.8) is 0 Å². The van der Waals surface area contributed by atoms with E-state index in [0.29, 0.717) is 13.0 Å². The molecule has 0 aliphatic heterocycles. The maximum absolute atomic E-state index is 12.3. The summed E-state index contributed by atoms with van der Waals surface area (Å²) in [4.78, 5) is -0.323. The number of ether oxygens (including phenoxy) is 1. The predicted molar refractivity (Wildman–Crippen MR) is 88.2 cm³/mol. The molecule has 2 aromatic rings. The third-order valence-corrected chi connectivity index (χ3v) is 5.07. The van der Waals surface area contributed by atoms with Crippen LogP contribution in [-0.4, -0.2) is 27.6 Å². The molecule has 0 amide bonds. The number of benzene rings is 2. The van der Waals surface area contributed by atoms with Crippen molar-refractivity contribution in [3.8, 4) is 5.75 Å².